The summed E-state index contributed by atoms with van der Waals surface area (Å²) >= 11 is 7.67. The fraction of sp³-hybridized carbons (Fsp3) is 0.111. The third-order valence-corrected chi connectivity index (χ3v) is 4.69. The highest BCUT2D eigenvalue weighted by Crippen LogP contribution is 2.25. The Balaban J connectivity index is 1.63. The van der Waals surface area contributed by atoms with E-state index in [9.17, 15) is 4.79 Å². The monoisotopic (exact) mass is 342 g/mol. The zero-order chi connectivity index (χ0) is 16.1. The third-order valence-electron chi connectivity index (χ3n) is 3.33. The van der Waals surface area contributed by atoms with Crippen LogP contribution in [0.1, 0.15) is 21.4 Å². The van der Waals surface area contributed by atoms with Crippen molar-refractivity contribution in [1.29, 1.82) is 0 Å². The molecule has 1 heterocycles. The summed E-state index contributed by atoms with van der Waals surface area (Å²) < 4.78 is 0. The Bertz CT molecular complexity index is 774. The molecule has 2 aromatic carbocycles. The predicted octanol–water partition coefficient (Wildman–Crippen LogP) is 4.65. The van der Waals surface area contributed by atoms with Crippen LogP contribution < -0.4 is 5.32 Å². The van der Waals surface area contributed by atoms with Crippen molar-refractivity contribution in [2.75, 3.05) is 5.32 Å². The maximum absolute atomic E-state index is 12.2. The van der Waals surface area contributed by atoms with Gasteiger partial charge < -0.3 is 5.32 Å². The number of benzene rings is 2. The van der Waals surface area contributed by atoms with Crippen molar-refractivity contribution < 1.29 is 4.79 Å². The normalized spacial score (nSPS) is 11.9. The molecule has 0 aliphatic rings. The number of nitrogens with one attached hydrogen (secondary N) is 1. The maximum Gasteiger partial charge on any atom is 0.248 e. The topological polar surface area (TPSA) is 42.0 Å². The highest BCUT2D eigenvalue weighted by Gasteiger charge is 2.18. The van der Waals surface area contributed by atoms with Crippen molar-refractivity contribution >= 4 is 34.0 Å². The summed E-state index contributed by atoms with van der Waals surface area (Å²) in [7, 11) is 0. The van der Waals surface area contributed by atoms with Crippen molar-refractivity contribution in [3.8, 4) is 0 Å². The Kier molecular flexibility index (Phi) is 5.05. The van der Waals surface area contributed by atoms with Gasteiger partial charge >= 0.3 is 0 Å². The Hall–Kier alpha value is -2.17. The number of carbonyl (C=O) groups excluding carboxylic acids is 1. The molecule has 23 heavy (non-hydrogen) atoms. The van der Waals surface area contributed by atoms with Crippen LogP contribution >= 0.6 is 22.9 Å². The first-order valence-electron chi connectivity index (χ1n) is 7.21. The lowest BCUT2D eigenvalue weighted by molar-refractivity contribution is -0.116. The lowest BCUT2D eigenvalue weighted by Crippen LogP contribution is -2.17. The van der Waals surface area contributed by atoms with Gasteiger partial charge in [-0.1, -0.05) is 60.7 Å². The van der Waals surface area contributed by atoms with Gasteiger partial charge in [-0.3, -0.25) is 4.79 Å². The molecule has 1 amide bonds. The van der Waals surface area contributed by atoms with Gasteiger partial charge in [0.1, 0.15) is 5.38 Å². The molecule has 0 aliphatic heterocycles. The number of hydrogen-bond acceptors (Lipinski definition) is 3. The smallest absolute Gasteiger partial charge is 0.248 e. The van der Waals surface area contributed by atoms with Crippen molar-refractivity contribution in [3.05, 3.63) is 82.9 Å². The van der Waals surface area contributed by atoms with Crippen molar-refractivity contribution in [2.24, 2.45) is 0 Å². The van der Waals surface area contributed by atoms with Gasteiger partial charge in [0.15, 0.2) is 5.13 Å². The number of nitrogens with zero attached hydrogens (tertiary/aromatic N) is 1. The number of carbonyl (C=O) groups is 1. The average Bonchev–Trinajstić information content (AvgIpc) is 3.02. The molecule has 0 saturated carbocycles. The molecule has 3 rings (SSSR count). The number of thiazole rings is 1. The summed E-state index contributed by atoms with van der Waals surface area (Å²) in [6.45, 7) is 0. The van der Waals surface area contributed by atoms with Crippen molar-refractivity contribution in [1.82, 2.24) is 4.98 Å². The number of rotatable bonds is 5. The van der Waals surface area contributed by atoms with E-state index in [-0.39, 0.29) is 5.91 Å². The third kappa shape index (κ3) is 4.18. The molecule has 5 heteroatoms. The van der Waals surface area contributed by atoms with E-state index < -0.39 is 5.38 Å². The minimum Gasteiger partial charge on any atom is -0.300 e. The van der Waals surface area contributed by atoms with Gasteiger partial charge in [-0.15, -0.1) is 22.9 Å². The standard InChI is InChI=1S/C18H15ClN2OS/c19-16(14-9-5-2-6-10-14)17(22)21-18-20-12-15(23-18)11-13-7-3-1-4-8-13/h1-10,12,16H,11H2,(H,20,21,22)/t16-/m1/s1. The highest BCUT2D eigenvalue weighted by atomic mass is 35.5. The molecule has 0 spiro atoms. The van der Waals surface area contributed by atoms with Crippen LogP contribution in [0, 0.1) is 0 Å². The summed E-state index contributed by atoms with van der Waals surface area (Å²) in [5, 5.41) is 2.63. The van der Waals surface area contributed by atoms with E-state index in [2.05, 4.69) is 22.4 Å². The van der Waals surface area contributed by atoms with Crippen LogP contribution in [-0.2, 0) is 11.2 Å². The molecule has 0 bridgehead atoms. The van der Waals surface area contributed by atoms with Crippen LogP contribution in [0.4, 0.5) is 5.13 Å². The van der Waals surface area contributed by atoms with Gasteiger partial charge in [0.25, 0.3) is 0 Å². The molecule has 116 valence electrons. The van der Waals surface area contributed by atoms with Crippen molar-refractivity contribution in [2.45, 2.75) is 11.8 Å². The van der Waals surface area contributed by atoms with E-state index in [1.165, 1.54) is 16.9 Å². The lowest BCUT2D eigenvalue weighted by Gasteiger charge is -2.08. The van der Waals surface area contributed by atoms with Gasteiger partial charge in [-0.05, 0) is 11.1 Å². The number of hydrogen-bond donors (Lipinski definition) is 1. The summed E-state index contributed by atoms with van der Waals surface area (Å²) in [4.78, 5) is 17.6. The highest BCUT2D eigenvalue weighted by molar-refractivity contribution is 7.15. The molecule has 0 saturated heterocycles. The fourth-order valence-corrected chi connectivity index (χ4v) is 3.24. The first kappa shape index (κ1) is 15.7. The first-order chi connectivity index (χ1) is 11.2. The van der Waals surface area contributed by atoms with E-state index in [0.717, 1.165) is 16.9 Å². The average molecular weight is 343 g/mol. The SMILES string of the molecule is O=C(Nc1ncc(Cc2ccccc2)s1)[C@H](Cl)c1ccccc1. The molecule has 1 aromatic heterocycles. The minimum absolute atomic E-state index is 0.265. The molecular weight excluding hydrogens is 328 g/mol. The number of aromatic nitrogens is 1. The number of amides is 1. The minimum atomic E-state index is -0.724. The van der Waals surface area contributed by atoms with Crippen LogP contribution in [-0.4, -0.2) is 10.9 Å². The van der Waals surface area contributed by atoms with Crippen LogP contribution in [0.5, 0.6) is 0 Å². The zero-order valence-electron chi connectivity index (χ0n) is 12.3. The fourth-order valence-electron chi connectivity index (χ4n) is 2.19. The first-order valence-corrected chi connectivity index (χ1v) is 8.46. The second-order valence-corrected chi connectivity index (χ2v) is 6.61. The predicted molar refractivity (Wildman–Crippen MR) is 95.0 cm³/mol. The molecule has 0 aliphatic carbocycles. The Labute approximate surface area is 144 Å². The molecule has 1 N–H and O–H groups in total. The molecule has 0 unspecified atom stereocenters. The largest absolute Gasteiger partial charge is 0.300 e. The Morgan fingerprint density at radius 1 is 1.09 bits per heavy atom. The molecule has 1 atom stereocenters. The van der Waals surface area contributed by atoms with Crippen LogP contribution in [0.25, 0.3) is 0 Å². The second-order valence-electron chi connectivity index (χ2n) is 5.06. The van der Waals surface area contributed by atoms with E-state index >= 15 is 0 Å². The van der Waals surface area contributed by atoms with Gasteiger partial charge in [-0.25, -0.2) is 4.98 Å². The van der Waals surface area contributed by atoms with Gasteiger partial charge in [-0.2, -0.15) is 0 Å². The summed E-state index contributed by atoms with van der Waals surface area (Å²) in [6, 6.07) is 19.4. The second kappa shape index (κ2) is 7.40. The molecular formula is C18H15ClN2OS. The number of halogens is 1. The quantitative estimate of drug-likeness (QED) is 0.685. The maximum atomic E-state index is 12.2. The number of alkyl halides is 1. The zero-order valence-corrected chi connectivity index (χ0v) is 13.8. The summed E-state index contributed by atoms with van der Waals surface area (Å²) in [6.07, 6.45) is 2.59. The Morgan fingerprint density at radius 3 is 2.43 bits per heavy atom. The van der Waals surface area contributed by atoms with Gasteiger partial charge in [0.2, 0.25) is 5.91 Å². The molecule has 3 aromatic rings. The van der Waals surface area contributed by atoms with Crippen LogP contribution in [0.2, 0.25) is 0 Å². The van der Waals surface area contributed by atoms with Gasteiger partial charge in [0, 0.05) is 17.5 Å². The van der Waals surface area contributed by atoms with E-state index in [1.807, 2.05) is 48.5 Å². The summed E-state index contributed by atoms with van der Waals surface area (Å²) in [5.74, 6) is -0.265. The lowest BCUT2D eigenvalue weighted by atomic mass is 10.1. The van der Waals surface area contributed by atoms with Crippen molar-refractivity contribution in [3.63, 3.8) is 0 Å². The molecule has 3 nitrogen and oxygen atoms in total. The van der Waals surface area contributed by atoms with E-state index in [4.69, 9.17) is 11.6 Å². The molecule has 0 radical (unpaired) electrons. The summed E-state index contributed by atoms with van der Waals surface area (Å²) in [5.41, 5.74) is 1.99. The van der Waals surface area contributed by atoms with E-state index in [1.54, 1.807) is 6.20 Å². The van der Waals surface area contributed by atoms with Gasteiger partial charge in [0.05, 0.1) is 0 Å². The van der Waals surface area contributed by atoms with Crippen LogP contribution in [0.15, 0.2) is 66.9 Å². The Morgan fingerprint density at radius 2 is 1.74 bits per heavy atom. The van der Waals surface area contributed by atoms with E-state index in [0.29, 0.717) is 5.13 Å². The molecule has 0 fully saturated rings. The number of anilines is 1. The van der Waals surface area contributed by atoms with Crippen LogP contribution in [0.3, 0.4) is 0 Å².